The van der Waals surface area contributed by atoms with Crippen molar-refractivity contribution in [1.82, 2.24) is 25.1 Å². The molecule has 0 aromatic carbocycles. The lowest BCUT2D eigenvalue weighted by atomic mass is 9.77. The maximum absolute atomic E-state index is 6.24. The fourth-order valence-electron chi connectivity index (χ4n) is 2.41. The molecular weight excluding hydrogens is 268 g/mol. The van der Waals surface area contributed by atoms with Crippen LogP contribution < -0.4 is 5.73 Å². The Morgan fingerprint density at radius 1 is 1.24 bits per heavy atom. The molecule has 3 heterocycles. The van der Waals surface area contributed by atoms with Crippen LogP contribution in [0.3, 0.4) is 0 Å². The summed E-state index contributed by atoms with van der Waals surface area (Å²) >= 11 is 0. The van der Waals surface area contributed by atoms with Gasteiger partial charge in [-0.2, -0.15) is 4.98 Å². The molecule has 0 bridgehead atoms. The fourth-order valence-corrected chi connectivity index (χ4v) is 2.41. The molecule has 0 spiro atoms. The number of nitrogens with two attached hydrogens (primary N) is 1. The van der Waals surface area contributed by atoms with Gasteiger partial charge < -0.3 is 15.2 Å². The lowest BCUT2D eigenvalue weighted by Crippen LogP contribution is -2.44. The lowest BCUT2D eigenvalue weighted by Gasteiger charge is -2.35. The quantitative estimate of drug-likeness (QED) is 0.759. The van der Waals surface area contributed by atoms with Crippen LogP contribution in [0.1, 0.15) is 25.1 Å². The second kappa shape index (κ2) is 4.49. The number of aromatic nitrogens is 5. The van der Waals surface area contributed by atoms with Gasteiger partial charge in [-0.15, -0.1) is 0 Å². The first-order chi connectivity index (χ1) is 10.2. The zero-order chi connectivity index (χ0) is 14.3. The summed E-state index contributed by atoms with van der Waals surface area (Å²) in [6, 6.07) is 5.54. The molecule has 4 rings (SSSR count). The molecule has 1 aliphatic carbocycles. The van der Waals surface area contributed by atoms with Gasteiger partial charge in [0.1, 0.15) is 17.2 Å². The molecule has 0 saturated heterocycles. The molecule has 1 saturated carbocycles. The molecule has 0 aliphatic heterocycles. The molecule has 3 aromatic rings. The Kier molecular flexibility index (Phi) is 2.61. The van der Waals surface area contributed by atoms with Crippen molar-refractivity contribution in [2.45, 2.75) is 24.8 Å². The Hall–Kier alpha value is -2.54. The molecule has 3 aromatic heterocycles. The van der Waals surface area contributed by atoms with E-state index in [1.54, 1.807) is 12.4 Å². The van der Waals surface area contributed by atoms with Gasteiger partial charge in [0.05, 0.1) is 11.7 Å². The van der Waals surface area contributed by atoms with Crippen LogP contribution in [0.4, 0.5) is 0 Å². The van der Waals surface area contributed by atoms with Gasteiger partial charge in [0, 0.05) is 6.20 Å². The van der Waals surface area contributed by atoms with Crippen molar-refractivity contribution in [3.05, 3.63) is 36.4 Å². The molecule has 106 valence electrons. The SMILES string of the molecule is NC1(c2ncc(-c3nc(-c4ccccn4)no3)[nH]2)CCC1. The molecular formula is C14H14N6O. The summed E-state index contributed by atoms with van der Waals surface area (Å²) in [7, 11) is 0. The van der Waals surface area contributed by atoms with E-state index in [4.69, 9.17) is 10.3 Å². The number of hydrogen-bond acceptors (Lipinski definition) is 6. The monoisotopic (exact) mass is 282 g/mol. The second-order valence-electron chi connectivity index (χ2n) is 5.29. The number of nitrogens with zero attached hydrogens (tertiary/aromatic N) is 4. The molecule has 3 N–H and O–H groups in total. The normalized spacial score (nSPS) is 16.6. The average Bonchev–Trinajstić information content (AvgIpc) is 3.14. The summed E-state index contributed by atoms with van der Waals surface area (Å²) < 4.78 is 5.27. The number of aromatic amines is 1. The van der Waals surface area contributed by atoms with Crippen LogP contribution in [0.25, 0.3) is 23.1 Å². The molecule has 7 heteroatoms. The highest BCUT2D eigenvalue weighted by atomic mass is 16.5. The molecule has 21 heavy (non-hydrogen) atoms. The first-order valence-corrected chi connectivity index (χ1v) is 6.84. The van der Waals surface area contributed by atoms with E-state index in [9.17, 15) is 0 Å². The molecule has 1 fully saturated rings. The van der Waals surface area contributed by atoms with Gasteiger partial charge in [0.2, 0.25) is 5.82 Å². The average molecular weight is 282 g/mol. The van der Waals surface area contributed by atoms with Crippen molar-refractivity contribution in [3.63, 3.8) is 0 Å². The zero-order valence-corrected chi connectivity index (χ0v) is 11.3. The van der Waals surface area contributed by atoms with Gasteiger partial charge in [-0.1, -0.05) is 11.2 Å². The first kappa shape index (κ1) is 12.2. The van der Waals surface area contributed by atoms with Gasteiger partial charge in [-0.05, 0) is 31.4 Å². The number of imidazole rings is 1. The Bertz CT molecular complexity index is 759. The van der Waals surface area contributed by atoms with Gasteiger partial charge >= 0.3 is 0 Å². The van der Waals surface area contributed by atoms with E-state index < -0.39 is 0 Å². The predicted octanol–water partition coefficient (Wildman–Crippen LogP) is 1.86. The van der Waals surface area contributed by atoms with Crippen LogP contribution in [0.5, 0.6) is 0 Å². The highest BCUT2D eigenvalue weighted by Gasteiger charge is 2.37. The number of hydrogen-bond donors (Lipinski definition) is 2. The molecule has 0 atom stereocenters. The minimum absolute atomic E-state index is 0.331. The largest absolute Gasteiger partial charge is 0.336 e. The van der Waals surface area contributed by atoms with Crippen molar-refractivity contribution >= 4 is 0 Å². The third kappa shape index (κ3) is 2.02. The summed E-state index contributed by atoms with van der Waals surface area (Å²) in [5.41, 5.74) is 7.26. The zero-order valence-electron chi connectivity index (χ0n) is 11.3. The van der Waals surface area contributed by atoms with Crippen molar-refractivity contribution in [3.8, 4) is 23.1 Å². The van der Waals surface area contributed by atoms with Crippen molar-refractivity contribution < 1.29 is 4.52 Å². The van der Waals surface area contributed by atoms with E-state index in [0.717, 1.165) is 25.1 Å². The van der Waals surface area contributed by atoms with Crippen LogP contribution in [-0.2, 0) is 5.54 Å². The van der Waals surface area contributed by atoms with E-state index in [1.165, 1.54) is 0 Å². The third-order valence-corrected chi connectivity index (χ3v) is 3.84. The Morgan fingerprint density at radius 2 is 2.14 bits per heavy atom. The van der Waals surface area contributed by atoms with E-state index >= 15 is 0 Å². The molecule has 0 radical (unpaired) electrons. The summed E-state index contributed by atoms with van der Waals surface area (Å²) in [4.78, 5) is 16.1. The second-order valence-corrected chi connectivity index (χ2v) is 5.29. The van der Waals surface area contributed by atoms with E-state index in [1.807, 2.05) is 18.2 Å². The highest BCUT2D eigenvalue weighted by molar-refractivity contribution is 5.53. The number of nitrogens with one attached hydrogen (secondary N) is 1. The molecule has 1 aliphatic rings. The van der Waals surface area contributed by atoms with E-state index in [-0.39, 0.29) is 5.54 Å². The van der Waals surface area contributed by atoms with Crippen LogP contribution in [0.2, 0.25) is 0 Å². The summed E-state index contributed by atoms with van der Waals surface area (Å²) in [6.45, 7) is 0. The summed E-state index contributed by atoms with van der Waals surface area (Å²) in [5.74, 6) is 1.62. The topological polar surface area (TPSA) is 107 Å². The maximum Gasteiger partial charge on any atom is 0.276 e. The van der Waals surface area contributed by atoms with Gasteiger partial charge in [-0.25, -0.2) is 4.98 Å². The predicted molar refractivity (Wildman–Crippen MR) is 74.8 cm³/mol. The van der Waals surface area contributed by atoms with Crippen molar-refractivity contribution in [1.29, 1.82) is 0 Å². The Balaban J connectivity index is 1.64. The summed E-state index contributed by atoms with van der Waals surface area (Å²) in [6.07, 6.45) is 6.40. The van der Waals surface area contributed by atoms with Crippen molar-refractivity contribution in [2.24, 2.45) is 5.73 Å². The molecule has 0 unspecified atom stereocenters. The minimum atomic E-state index is -0.331. The fraction of sp³-hybridized carbons (Fsp3) is 0.286. The number of H-pyrrole nitrogens is 1. The molecule has 7 nitrogen and oxygen atoms in total. The molecule has 0 amide bonds. The number of pyridine rings is 1. The van der Waals surface area contributed by atoms with Gasteiger partial charge in [-0.3, -0.25) is 4.98 Å². The summed E-state index contributed by atoms with van der Waals surface area (Å²) in [5, 5.41) is 3.94. The first-order valence-electron chi connectivity index (χ1n) is 6.84. The lowest BCUT2D eigenvalue weighted by molar-refractivity contribution is 0.240. The Morgan fingerprint density at radius 3 is 2.86 bits per heavy atom. The van der Waals surface area contributed by atoms with E-state index in [0.29, 0.717) is 23.1 Å². The maximum atomic E-state index is 6.24. The van der Waals surface area contributed by atoms with Crippen LogP contribution in [-0.4, -0.2) is 25.1 Å². The van der Waals surface area contributed by atoms with Crippen LogP contribution in [0.15, 0.2) is 35.1 Å². The smallest absolute Gasteiger partial charge is 0.276 e. The minimum Gasteiger partial charge on any atom is -0.336 e. The highest BCUT2D eigenvalue weighted by Crippen LogP contribution is 2.37. The standard InChI is InChI=1S/C14H14N6O/c15-14(5-3-6-14)13-17-8-10(18-13)12-19-11(20-21-12)9-4-1-2-7-16-9/h1-2,4,7-8H,3,5-6,15H2,(H,17,18). The van der Waals surface area contributed by atoms with Crippen molar-refractivity contribution in [2.75, 3.05) is 0 Å². The van der Waals surface area contributed by atoms with E-state index in [2.05, 4.69) is 25.1 Å². The van der Waals surface area contributed by atoms with Gasteiger partial charge in [0.15, 0.2) is 0 Å². The third-order valence-electron chi connectivity index (χ3n) is 3.84. The van der Waals surface area contributed by atoms with Gasteiger partial charge in [0.25, 0.3) is 5.89 Å². The van der Waals surface area contributed by atoms with Crippen LogP contribution >= 0.6 is 0 Å². The van der Waals surface area contributed by atoms with Crippen LogP contribution in [0, 0.1) is 0 Å². The Labute approximate surface area is 120 Å². The number of rotatable bonds is 3.